The zero-order valence-corrected chi connectivity index (χ0v) is 8.39. The molecule has 1 heterocycles. The molecule has 1 unspecified atom stereocenters. The highest BCUT2D eigenvalue weighted by Crippen LogP contribution is 2.31. The van der Waals surface area contributed by atoms with Crippen LogP contribution in [0.15, 0.2) is 71.8 Å². The Kier molecular flexibility index (Phi) is 1.95. The van der Waals surface area contributed by atoms with Crippen molar-refractivity contribution in [2.24, 2.45) is 5.92 Å². The topological polar surface area (TPSA) is 9.23 Å². The van der Waals surface area contributed by atoms with Gasteiger partial charge in [0.2, 0.25) is 0 Å². The van der Waals surface area contributed by atoms with Gasteiger partial charge in [-0.1, -0.05) is 42.5 Å². The van der Waals surface area contributed by atoms with Crippen LogP contribution in [-0.2, 0) is 4.74 Å². The van der Waals surface area contributed by atoms with Gasteiger partial charge in [0, 0.05) is 5.92 Å². The van der Waals surface area contributed by atoms with E-state index in [4.69, 9.17) is 4.74 Å². The fourth-order valence-electron chi connectivity index (χ4n) is 2.01. The molecule has 3 aliphatic rings. The number of rotatable bonds is 0. The molecule has 0 saturated heterocycles. The minimum Gasteiger partial charge on any atom is -0.464 e. The zero-order valence-electron chi connectivity index (χ0n) is 8.39. The predicted molar refractivity (Wildman–Crippen MR) is 60.9 cm³/mol. The van der Waals surface area contributed by atoms with Crippen LogP contribution in [0.5, 0.6) is 0 Å². The number of ether oxygens (including phenoxy) is 1. The van der Waals surface area contributed by atoms with E-state index in [1.165, 1.54) is 11.1 Å². The molecule has 0 saturated carbocycles. The van der Waals surface area contributed by atoms with E-state index in [-0.39, 0.29) is 0 Å². The maximum absolute atomic E-state index is 5.67. The van der Waals surface area contributed by atoms with Crippen molar-refractivity contribution in [3.63, 3.8) is 0 Å². The molecule has 0 bridgehead atoms. The van der Waals surface area contributed by atoms with Gasteiger partial charge in [0.15, 0.2) is 0 Å². The van der Waals surface area contributed by atoms with Crippen molar-refractivity contribution >= 4 is 0 Å². The van der Waals surface area contributed by atoms with Gasteiger partial charge in [0.05, 0.1) is 6.26 Å². The van der Waals surface area contributed by atoms with Crippen LogP contribution in [0, 0.1) is 5.92 Å². The van der Waals surface area contributed by atoms with E-state index in [1.54, 1.807) is 0 Å². The van der Waals surface area contributed by atoms with Crippen LogP contribution in [0.4, 0.5) is 0 Å². The summed E-state index contributed by atoms with van der Waals surface area (Å²) in [6.07, 6.45) is 19.8. The third kappa shape index (κ3) is 1.50. The summed E-state index contributed by atoms with van der Waals surface area (Å²) in [6, 6.07) is 0. The highest BCUT2D eigenvalue weighted by atomic mass is 16.5. The average molecular weight is 196 g/mol. The summed E-state index contributed by atoms with van der Waals surface area (Å²) in [6.45, 7) is 0. The van der Waals surface area contributed by atoms with E-state index in [2.05, 4.69) is 30.4 Å². The lowest BCUT2D eigenvalue weighted by Crippen LogP contribution is -1.98. The summed E-state index contributed by atoms with van der Waals surface area (Å²) in [5, 5.41) is 0. The monoisotopic (exact) mass is 196 g/mol. The molecule has 0 radical (unpaired) electrons. The first kappa shape index (κ1) is 8.54. The number of fused-ring (bicyclic) bond motifs is 2. The van der Waals surface area contributed by atoms with Gasteiger partial charge in [-0.25, -0.2) is 0 Å². The fraction of sp³-hybridized carbons (Fsp3) is 0.143. The third-order valence-electron chi connectivity index (χ3n) is 2.84. The summed E-state index contributed by atoms with van der Waals surface area (Å²) in [7, 11) is 0. The highest BCUT2D eigenvalue weighted by molar-refractivity contribution is 5.44. The molecule has 0 fully saturated rings. The minimum absolute atomic E-state index is 0.377. The SMILES string of the molecule is C1=CCC2=CC3C=CC=CC3=COC2=C1. The third-order valence-corrected chi connectivity index (χ3v) is 2.84. The molecule has 0 aromatic carbocycles. The lowest BCUT2D eigenvalue weighted by Gasteiger charge is -2.11. The summed E-state index contributed by atoms with van der Waals surface area (Å²) in [5.74, 6) is 1.36. The Morgan fingerprint density at radius 3 is 3.20 bits per heavy atom. The van der Waals surface area contributed by atoms with Crippen LogP contribution >= 0.6 is 0 Å². The summed E-state index contributed by atoms with van der Waals surface area (Å²) in [5.41, 5.74) is 2.51. The lowest BCUT2D eigenvalue weighted by molar-refractivity contribution is 0.357. The molecule has 74 valence electrons. The molecule has 0 amide bonds. The molecule has 0 aromatic heterocycles. The van der Waals surface area contributed by atoms with Crippen molar-refractivity contribution in [1.82, 2.24) is 0 Å². The average Bonchev–Trinajstić information content (AvgIpc) is 2.48. The van der Waals surface area contributed by atoms with E-state index >= 15 is 0 Å². The highest BCUT2D eigenvalue weighted by Gasteiger charge is 2.17. The minimum atomic E-state index is 0.377. The number of hydrogen-bond acceptors (Lipinski definition) is 1. The van der Waals surface area contributed by atoms with Crippen molar-refractivity contribution in [3.8, 4) is 0 Å². The fourth-order valence-corrected chi connectivity index (χ4v) is 2.01. The Morgan fingerprint density at radius 1 is 1.20 bits per heavy atom. The van der Waals surface area contributed by atoms with Crippen molar-refractivity contribution in [1.29, 1.82) is 0 Å². The molecule has 0 spiro atoms. The molecular formula is C14H12O. The second kappa shape index (κ2) is 3.43. The second-order valence-corrected chi connectivity index (χ2v) is 3.86. The van der Waals surface area contributed by atoms with Gasteiger partial charge >= 0.3 is 0 Å². The Hall–Kier alpha value is -1.76. The van der Waals surface area contributed by atoms with E-state index in [0.717, 1.165) is 12.2 Å². The van der Waals surface area contributed by atoms with E-state index < -0.39 is 0 Å². The first-order chi connectivity index (χ1) is 7.43. The molecular weight excluding hydrogens is 184 g/mol. The summed E-state index contributed by atoms with van der Waals surface area (Å²) >= 11 is 0. The first-order valence-corrected chi connectivity index (χ1v) is 5.23. The molecule has 1 heteroatoms. The zero-order chi connectivity index (χ0) is 10.1. The van der Waals surface area contributed by atoms with E-state index in [1.807, 2.05) is 24.5 Å². The number of allylic oxidation sites excluding steroid dienone is 10. The van der Waals surface area contributed by atoms with Crippen LogP contribution in [0.3, 0.4) is 0 Å². The Morgan fingerprint density at radius 2 is 2.20 bits per heavy atom. The smallest absolute Gasteiger partial charge is 0.129 e. The normalized spacial score (nSPS) is 26.7. The molecule has 1 nitrogen and oxygen atoms in total. The van der Waals surface area contributed by atoms with Gasteiger partial charge in [-0.2, -0.15) is 0 Å². The predicted octanol–water partition coefficient (Wildman–Crippen LogP) is 3.41. The quantitative estimate of drug-likeness (QED) is 0.577. The summed E-state index contributed by atoms with van der Waals surface area (Å²) < 4.78 is 5.67. The van der Waals surface area contributed by atoms with Crippen molar-refractivity contribution < 1.29 is 4.74 Å². The lowest BCUT2D eigenvalue weighted by atomic mass is 9.92. The molecule has 1 atom stereocenters. The van der Waals surface area contributed by atoms with Crippen LogP contribution in [0.25, 0.3) is 0 Å². The second-order valence-electron chi connectivity index (χ2n) is 3.86. The Bertz CT molecular complexity index is 456. The molecule has 1 aliphatic heterocycles. The van der Waals surface area contributed by atoms with E-state index in [0.29, 0.717) is 5.92 Å². The molecule has 3 rings (SSSR count). The van der Waals surface area contributed by atoms with Crippen LogP contribution in [0.2, 0.25) is 0 Å². The van der Waals surface area contributed by atoms with Crippen molar-refractivity contribution in [2.75, 3.05) is 0 Å². The maximum atomic E-state index is 5.67. The largest absolute Gasteiger partial charge is 0.464 e. The van der Waals surface area contributed by atoms with Gasteiger partial charge in [0.1, 0.15) is 5.76 Å². The summed E-state index contributed by atoms with van der Waals surface area (Å²) in [4.78, 5) is 0. The van der Waals surface area contributed by atoms with Crippen LogP contribution in [-0.4, -0.2) is 0 Å². The van der Waals surface area contributed by atoms with Gasteiger partial charge in [-0.15, -0.1) is 0 Å². The van der Waals surface area contributed by atoms with Gasteiger partial charge < -0.3 is 4.74 Å². The number of hydrogen-bond donors (Lipinski definition) is 0. The van der Waals surface area contributed by atoms with Crippen molar-refractivity contribution in [3.05, 3.63) is 71.8 Å². The van der Waals surface area contributed by atoms with Gasteiger partial charge in [-0.3, -0.25) is 0 Å². The molecule has 0 aromatic rings. The van der Waals surface area contributed by atoms with E-state index in [9.17, 15) is 0 Å². The van der Waals surface area contributed by atoms with Crippen LogP contribution < -0.4 is 0 Å². The molecule has 2 aliphatic carbocycles. The molecule has 15 heavy (non-hydrogen) atoms. The van der Waals surface area contributed by atoms with Crippen molar-refractivity contribution in [2.45, 2.75) is 6.42 Å². The van der Waals surface area contributed by atoms with Crippen LogP contribution in [0.1, 0.15) is 6.42 Å². The maximum Gasteiger partial charge on any atom is 0.129 e. The Labute approximate surface area is 89.4 Å². The Balaban J connectivity index is 2.04. The van der Waals surface area contributed by atoms with Gasteiger partial charge in [0.25, 0.3) is 0 Å². The first-order valence-electron chi connectivity index (χ1n) is 5.23. The van der Waals surface area contributed by atoms with Gasteiger partial charge in [-0.05, 0) is 23.6 Å². The standard InChI is InChI=1S/C14H12O/c1-2-7-13-10-15-14-8-4-3-6-12(14)9-11(13)5-1/h1-5,7-11H,6H2. The molecule has 0 N–H and O–H groups in total.